The Labute approximate surface area is 243 Å². The van der Waals surface area contributed by atoms with Crippen molar-refractivity contribution >= 4 is 17.6 Å². The van der Waals surface area contributed by atoms with E-state index in [1.165, 1.54) is 10.6 Å². The van der Waals surface area contributed by atoms with Gasteiger partial charge in [0.2, 0.25) is 0 Å². The second kappa shape index (κ2) is 11.9. The van der Waals surface area contributed by atoms with Crippen LogP contribution in [0.4, 0.5) is 10.1 Å². The first-order valence-corrected chi connectivity index (χ1v) is 14.1. The fourth-order valence-electron chi connectivity index (χ4n) is 5.74. The molecule has 1 amide bonds. The highest BCUT2D eigenvalue weighted by atomic mass is 19.1. The predicted octanol–water partition coefficient (Wildman–Crippen LogP) is 3.10. The molecule has 42 heavy (non-hydrogen) atoms. The van der Waals surface area contributed by atoms with Crippen LogP contribution in [-0.4, -0.2) is 65.5 Å². The van der Waals surface area contributed by atoms with Crippen LogP contribution in [0.3, 0.4) is 0 Å². The summed E-state index contributed by atoms with van der Waals surface area (Å²) >= 11 is 0. The van der Waals surface area contributed by atoms with Gasteiger partial charge >= 0.3 is 5.97 Å². The highest BCUT2D eigenvalue weighted by Gasteiger charge is 2.29. The van der Waals surface area contributed by atoms with Gasteiger partial charge < -0.3 is 24.8 Å². The summed E-state index contributed by atoms with van der Waals surface area (Å²) in [6.45, 7) is 7.95. The molecule has 0 bridgehead atoms. The number of hydrogen-bond acceptors (Lipinski definition) is 7. The number of amides is 1. The van der Waals surface area contributed by atoms with Crippen molar-refractivity contribution in [3.8, 4) is 16.9 Å². The van der Waals surface area contributed by atoms with Crippen LogP contribution < -0.4 is 20.5 Å². The Morgan fingerprint density at radius 3 is 2.57 bits per heavy atom. The van der Waals surface area contributed by atoms with Crippen molar-refractivity contribution < 1.29 is 28.6 Å². The molecule has 10 nitrogen and oxygen atoms in total. The van der Waals surface area contributed by atoms with Crippen LogP contribution in [0, 0.1) is 26.6 Å². The summed E-state index contributed by atoms with van der Waals surface area (Å²) in [6.07, 6.45) is 1.30. The number of carboxylic acids is 1. The first-order valence-electron chi connectivity index (χ1n) is 14.1. The minimum Gasteiger partial charge on any atom is -0.493 e. The van der Waals surface area contributed by atoms with Gasteiger partial charge in [0.15, 0.2) is 0 Å². The van der Waals surface area contributed by atoms with Gasteiger partial charge in [-0.05, 0) is 62.4 Å². The molecule has 11 heteroatoms. The second-order valence-corrected chi connectivity index (χ2v) is 10.8. The molecule has 0 radical (unpaired) electrons. The van der Waals surface area contributed by atoms with E-state index in [0.29, 0.717) is 84.5 Å². The van der Waals surface area contributed by atoms with E-state index in [4.69, 9.17) is 9.47 Å². The summed E-state index contributed by atoms with van der Waals surface area (Å²) in [5, 5.41) is 12.6. The van der Waals surface area contributed by atoms with Gasteiger partial charge in [-0.2, -0.15) is 0 Å². The molecule has 1 saturated heterocycles. The zero-order chi connectivity index (χ0) is 30.1. The van der Waals surface area contributed by atoms with Crippen LogP contribution >= 0.6 is 0 Å². The minimum atomic E-state index is -1.32. The number of benzene rings is 2. The van der Waals surface area contributed by atoms with Gasteiger partial charge in [0, 0.05) is 37.8 Å². The SMILES string of the molecule is Cc1cc(N2CCOCC2)cc(F)c1C(=O)N[C@@H](Cc1ccc(-c2c(C)nc(C)n(C)c2=O)c2c1CCCO2)C(=O)O. The smallest absolute Gasteiger partial charge is 0.326 e. The molecule has 0 spiro atoms. The zero-order valence-electron chi connectivity index (χ0n) is 24.3. The molecule has 2 aliphatic rings. The lowest BCUT2D eigenvalue weighted by Crippen LogP contribution is -2.43. The van der Waals surface area contributed by atoms with Crippen molar-refractivity contribution in [1.82, 2.24) is 14.9 Å². The molecule has 3 aromatic rings. The quantitative estimate of drug-likeness (QED) is 0.439. The van der Waals surface area contributed by atoms with Crippen LogP contribution in [0.25, 0.3) is 11.1 Å². The second-order valence-electron chi connectivity index (χ2n) is 10.8. The number of ether oxygens (including phenoxy) is 2. The number of fused-ring (bicyclic) bond motifs is 1. The van der Waals surface area contributed by atoms with E-state index < -0.39 is 23.7 Å². The molecule has 0 aliphatic carbocycles. The molecule has 1 atom stereocenters. The lowest BCUT2D eigenvalue weighted by molar-refractivity contribution is -0.139. The van der Waals surface area contributed by atoms with Crippen LogP contribution in [0.5, 0.6) is 5.75 Å². The Bertz CT molecular complexity index is 1590. The van der Waals surface area contributed by atoms with Gasteiger partial charge in [0.25, 0.3) is 11.5 Å². The number of aryl methyl sites for hydroxylation is 3. The maximum absolute atomic E-state index is 15.2. The average molecular weight is 579 g/mol. The van der Waals surface area contributed by atoms with Crippen LogP contribution in [-0.2, 0) is 29.4 Å². The van der Waals surface area contributed by atoms with E-state index in [2.05, 4.69) is 10.3 Å². The number of aliphatic carboxylic acids is 1. The Morgan fingerprint density at radius 2 is 1.88 bits per heavy atom. The van der Waals surface area contributed by atoms with Crippen LogP contribution in [0.1, 0.15) is 45.0 Å². The molecular weight excluding hydrogens is 543 g/mol. The van der Waals surface area contributed by atoms with Gasteiger partial charge in [-0.3, -0.25) is 14.2 Å². The summed E-state index contributed by atoms with van der Waals surface area (Å²) in [4.78, 5) is 45.2. The lowest BCUT2D eigenvalue weighted by atomic mass is 9.90. The summed E-state index contributed by atoms with van der Waals surface area (Å²) in [5.41, 5.74) is 3.77. The Morgan fingerprint density at radius 1 is 1.14 bits per heavy atom. The van der Waals surface area contributed by atoms with Gasteiger partial charge in [-0.25, -0.2) is 14.2 Å². The molecule has 1 aromatic heterocycles. The first kappa shape index (κ1) is 29.2. The van der Waals surface area contributed by atoms with E-state index >= 15 is 4.39 Å². The van der Waals surface area contributed by atoms with Gasteiger partial charge in [0.1, 0.15) is 23.4 Å². The average Bonchev–Trinajstić information content (AvgIpc) is 2.96. The largest absolute Gasteiger partial charge is 0.493 e. The minimum absolute atomic E-state index is 0.0390. The van der Waals surface area contributed by atoms with E-state index in [1.807, 2.05) is 4.90 Å². The van der Waals surface area contributed by atoms with Crippen molar-refractivity contribution in [2.24, 2.45) is 7.05 Å². The number of anilines is 1. The molecule has 3 heterocycles. The number of carbonyl (C=O) groups excluding carboxylic acids is 1. The number of rotatable bonds is 7. The van der Waals surface area contributed by atoms with E-state index in [9.17, 15) is 19.5 Å². The highest BCUT2D eigenvalue weighted by Crippen LogP contribution is 2.38. The molecule has 2 aliphatic heterocycles. The predicted molar refractivity (Wildman–Crippen MR) is 155 cm³/mol. The van der Waals surface area contributed by atoms with E-state index in [0.717, 1.165) is 12.0 Å². The number of hydrogen-bond donors (Lipinski definition) is 2. The monoisotopic (exact) mass is 578 g/mol. The summed E-state index contributed by atoms with van der Waals surface area (Å²) in [7, 11) is 1.66. The van der Waals surface area contributed by atoms with Gasteiger partial charge in [-0.1, -0.05) is 12.1 Å². The lowest BCUT2D eigenvalue weighted by Gasteiger charge is -2.29. The van der Waals surface area contributed by atoms with Crippen LogP contribution in [0.2, 0.25) is 0 Å². The van der Waals surface area contributed by atoms with Crippen molar-refractivity contribution in [2.45, 2.75) is 46.1 Å². The summed E-state index contributed by atoms with van der Waals surface area (Å²) < 4.78 is 28.1. The molecule has 2 aromatic carbocycles. The number of morpholine rings is 1. The maximum Gasteiger partial charge on any atom is 0.326 e. The highest BCUT2D eigenvalue weighted by molar-refractivity contribution is 5.98. The first-order chi connectivity index (χ1) is 20.1. The van der Waals surface area contributed by atoms with Crippen LogP contribution in [0.15, 0.2) is 29.1 Å². The van der Waals surface area contributed by atoms with E-state index in [1.54, 1.807) is 46.0 Å². The van der Waals surface area contributed by atoms with Gasteiger partial charge in [-0.15, -0.1) is 0 Å². The topological polar surface area (TPSA) is 123 Å². The van der Waals surface area contributed by atoms with Crippen molar-refractivity contribution in [1.29, 1.82) is 0 Å². The number of nitrogens with one attached hydrogen (secondary N) is 1. The number of carboxylic acid groups (broad SMARTS) is 1. The third-order valence-corrected chi connectivity index (χ3v) is 8.04. The Hall–Kier alpha value is -4.25. The van der Waals surface area contributed by atoms with Crippen molar-refractivity contribution in [3.05, 3.63) is 74.2 Å². The Kier molecular flexibility index (Phi) is 8.31. The standard InChI is InChI=1S/C31H35FN4O6/c1-17-14-21(36-9-12-41-13-10-36)16-24(32)26(17)29(37)34-25(31(39)40)15-20-7-8-23(28-22(20)6-5-11-42-28)27-18(2)33-19(3)35(4)30(27)38/h7-8,14,16,25H,5-6,9-13,15H2,1-4H3,(H,34,37)(H,39,40)/t25-/m0/s1. The zero-order valence-corrected chi connectivity index (χ0v) is 24.3. The van der Waals surface area contributed by atoms with Crippen molar-refractivity contribution in [3.63, 3.8) is 0 Å². The molecule has 0 saturated carbocycles. The number of halogens is 1. The summed E-state index contributed by atoms with van der Waals surface area (Å²) in [5.74, 6) is -1.63. The molecule has 1 fully saturated rings. The molecule has 2 N–H and O–H groups in total. The Balaban J connectivity index is 1.44. The maximum atomic E-state index is 15.2. The molecule has 222 valence electrons. The molecule has 0 unspecified atom stereocenters. The molecule has 5 rings (SSSR count). The van der Waals surface area contributed by atoms with E-state index in [-0.39, 0.29) is 17.5 Å². The number of carbonyl (C=O) groups is 2. The normalized spacial score (nSPS) is 15.5. The molecular formula is C31H35FN4O6. The number of nitrogens with zero attached hydrogens (tertiary/aromatic N) is 3. The fraction of sp³-hybridized carbons (Fsp3) is 0.419. The van der Waals surface area contributed by atoms with Crippen molar-refractivity contribution in [2.75, 3.05) is 37.8 Å². The summed E-state index contributed by atoms with van der Waals surface area (Å²) in [6, 6.07) is 5.24. The van der Waals surface area contributed by atoms with Gasteiger partial charge in [0.05, 0.1) is 36.6 Å². The fourth-order valence-corrected chi connectivity index (χ4v) is 5.74. The third-order valence-electron chi connectivity index (χ3n) is 8.04. The third kappa shape index (κ3) is 5.61. The number of aromatic nitrogens is 2.